The van der Waals surface area contributed by atoms with E-state index in [9.17, 15) is 9.90 Å². The van der Waals surface area contributed by atoms with E-state index < -0.39 is 0 Å². The zero-order chi connectivity index (χ0) is 16.8. The lowest BCUT2D eigenvalue weighted by atomic mass is 10.1. The van der Waals surface area contributed by atoms with Crippen LogP contribution in [0.2, 0.25) is 0 Å². The summed E-state index contributed by atoms with van der Waals surface area (Å²) in [5.74, 6) is 1.00. The van der Waals surface area contributed by atoms with E-state index in [2.05, 4.69) is 10.3 Å². The molecule has 0 saturated carbocycles. The van der Waals surface area contributed by atoms with Gasteiger partial charge in [-0.2, -0.15) is 0 Å². The molecule has 1 amide bonds. The van der Waals surface area contributed by atoms with Crippen LogP contribution in [0.15, 0.2) is 67.0 Å². The van der Waals surface area contributed by atoms with Crippen LogP contribution in [-0.4, -0.2) is 20.6 Å². The number of nitrogens with one attached hydrogen (secondary N) is 1. The Morgan fingerprint density at radius 1 is 1.08 bits per heavy atom. The van der Waals surface area contributed by atoms with E-state index in [1.165, 1.54) is 0 Å². The number of rotatable bonds is 6. The van der Waals surface area contributed by atoms with Gasteiger partial charge in [-0.1, -0.05) is 30.3 Å². The first-order valence-electron chi connectivity index (χ1n) is 7.84. The highest BCUT2D eigenvalue weighted by molar-refractivity contribution is 5.76. The van der Waals surface area contributed by atoms with Crippen LogP contribution in [0.1, 0.15) is 17.8 Å². The minimum atomic E-state index is -0.0225. The number of aryl methyl sites for hydroxylation is 1. The fourth-order valence-electron chi connectivity index (χ4n) is 2.48. The summed E-state index contributed by atoms with van der Waals surface area (Å²) in [4.78, 5) is 16.3. The molecule has 0 unspecified atom stereocenters. The summed E-state index contributed by atoms with van der Waals surface area (Å²) in [6.07, 6.45) is 4.65. The predicted molar refractivity (Wildman–Crippen MR) is 91.8 cm³/mol. The molecule has 0 aliphatic carbocycles. The van der Waals surface area contributed by atoms with Gasteiger partial charge < -0.3 is 15.0 Å². The lowest BCUT2D eigenvalue weighted by molar-refractivity contribution is -0.121. The molecule has 0 aliphatic rings. The third kappa shape index (κ3) is 4.01. The van der Waals surface area contributed by atoms with Gasteiger partial charge in [-0.15, -0.1) is 0 Å². The molecule has 0 saturated heterocycles. The molecule has 2 N–H and O–H groups in total. The second-order valence-corrected chi connectivity index (χ2v) is 5.49. The van der Waals surface area contributed by atoms with Gasteiger partial charge in [0.05, 0.1) is 6.54 Å². The van der Waals surface area contributed by atoms with Crippen LogP contribution in [-0.2, 0) is 17.8 Å². The number of carbonyl (C=O) groups is 1. The molecule has 0 atom stereocenters. The molecule has 0 aliphatic heterocycles. The molecular formula is C19H19N3O2. The average Bonchev–Trinajstić information content (AvgIpc) is 3.09. The number of para-hydroxylation sites is 1. The molecule has 0 fully saturated rings. The topological polar surface area (TPSA) is 67.2 Å². The molecular weight excluding hydrogens is 302 g/mol. The number of aromatic hydroxyl groups is 1. The van der Waals surface area contributed by atoms with Crippen LogP contribution in [0.5, 0.6) is 5.75 Å². The van der Waals surface area contributed by atoms with Crippen molar-refractivity contribution in [3.05, 3.63) is 78.4 Å². The fourth-order valence-corrected chi connectivity index (χ4v) is 2.48. The minimum Gasteiger partial charge on any atom is -0.508 e. The van der Waals surface area contributed by atoms with Crippen molar-refractivity contribution in [1.29, 1.82) is 0 Å². The fraction of sp³-hybridized carbons (Fsp3) is 0.158. The number of phenols is 1. The van der Waals surface area contributed by atoms with Gasteiger partial charge in [-0.25, -0.2) is 4.98 Å². The Kier molecular flexibility index (Phi) is 4.91. The van der Waals surface area contributed by atoms with Gasteiger partial charge in [0, 0.05) is 24.5 Å². The average molecular weight is 321 g/mol. The number of hydrogen-bond acceptors (Lipinski definition) is 3. The van der Waals surface area contributed by atoms with Crippen LogP contribution in [0.3, 0.4) is 0 Å². The number of imidazole rings is 1. The first-order valence-corrected chi connectivity index (χ1v) is 7.84. The number of carbonyl (C=O) groups excluding carboxylic acids is 1. The van der Waals surface area contributed by atoms with E-state index in [0.717, 1.165) is 17.1 Å². The largest absolute Gasteiger partial charge is 0.508 e. The number of hydrogen-bond donors (Lipinski definition) is 2. The second kappa shape index (κ2) is 7.46. The second-order valence-electron chi connectivity index (χ2n) is 5.49. The summed E-state index contributed by atoms with van der Waals surface area (Å²) in [6, 6.07) is 16.8. The first kappa shape index (κ1) is 15.8. The standard InChI is InChI=1S/C19H19N3O2/c23-17-9-6-15(7-10-17)8-11-19(24)21-14-18-20-12-13-22(18)16-4-2-1-3-5-16/h1-7,9-10,12-13,23H,8,11,14H2,(H,21,24). The first-order chi connectivity index (χ1) is 11.7. The van der Waals surface area contributed by atoms with Crippen LogP contribution in [0.25, 0.3) is 5.69 Å². The third-order valence-electron chi connectivity index (χ3n) is 3.77. The van der Waals surface area contributed by atoms with Crippen molar-refractivity contribution in [1.82, 2.24) is 14.9 Å². The molecule has 2 aromatic carbocycles. The zero-order valence-corrected chi connectivity index (χ0v) is 13.2. The molecule has 122 valence electrons. The van der Waals surface area contributed by atoms with Crippen molar-refractivity contribution in [2.45, 2.75) is 19.4 Å². The van der Waals surface area contributed by atoms with E-state index in [1.54, 1.807) is 18.3 Å². The minimum absolute atomic E-state index is 0.0225. The Balaban J connectivity index is 1.54. The van der Waals surface area contributed by atoms with Gasteiger partial charge in [0.25, 0.3) is 0 Å². The predicted octanol–water partition coefficient (Wildman–Crippen LogP) is 2.83. The van der Waals surface area contributed by atoms with E-state index in [0.29, 0.717) is 19.4 Å². The normalized spacial score (nSPS) is 10.5. The van der Waals surface area contributed by atoms with Gasteiger partial charge in [0.1, 0.15) is 11.6 Å². The summed E-state index contributed by atoms with van der Waals surface area (Å²) in [6.45, 7) is 0.385. The summed E-state index contributed by atoms with van der Waals surface area (Å²) in [5, 5.41) is 12.2. The molecule has 5 heteroatoms. The summed E-state index contributed by atoms with van der Waals surface area (Å²) >= 11 is 0. The number of nitrogens with zero attached hydrogens (tertiary/aromatic N) is 2. The molecule has 0 spiro atoms. The summed E-state index contributed by atoms with van der Waals surface area (Å²) in [5.41, 5.74) is 2.04. The molecule has 24 heavy (non-hydrogen) atoms. The Bertz CT molecular complexity index is 795. The highest BCUT2D eigenvalue weighted by atomic mass is 16.3. The molecule has 1 aromatic heterocycles. The molecule has 0 radical (unpaired) electrons. The van der Waals surface area contributed by atoms with Gasteiger partial charge >= 0.3 is 0 Å². The smallest absolute Gasteiger partial charge is 0.220 e. The van der Waals surface area contributed by atoms with Gasteiger partial charge in [-0.05, 0) is 36.2 Å². The van der Waals surface area contributed by atoms with Crippen molar-refractivity contribution >= 4 is 5.91 Å². The van der Waals surface area contributed by atoms with Crippen LogP contribution < -0.4 is 5.32 Å². The Morgan fingerprint density at radius 2 is 1.83 bits per heavy atom. The number of aromatic nitrogens is 2. The Hall–Kier alpha value is -3.08. The van der Waals surface area contributed by atoms with E-state index in [1.807, 2.05) is 53.2 Å². The number of benzene rings is 2. The lowest BCUT2D eigenvalue weighted by Crippen LogP contribution is -2.24. The van der Waals surface area contributed by atoms with E-state index >= 15 is 0 Å². The molecule has 3 rings (SSSR count). The molecule has 5 nitrogen and oxygen atoms in total. The molecule has 1 heterocycles. The Morgan fingerprint density at radius 3 is 2.58 bits per heavy atom. The maximum absolute atomic E-state index is 12.0. The summed E-state index contributed by atoms with van der Waals surface area (Å²) in [7, 11) is 0. The van der Waals surface area contributed by atoms with Crippen molar-refractivity contribution in [3.63, 3.8) is 0 Å². The molecule has 3 aromatic rings. The highest BCUT2D eigenvalue weighted by Gasteiger charge is 2.07. The van der Waals surface area contributed by atoms with Crippen LogP contribution in [0.4, 0.5) is 0 Å². The summed E-state index contributed by atoms with van der Waals surface area (Å²) < 4.78 is 1.96. The third-order valence-corrected chi connectivity index (χ3v) is 3.77. The number of phenolic OH excluding ortho intramolecular Hbond substituents is 1. The van der Waals surface area contributed by atoms with Crippen molar-refractivity contribution in [2.75, 3.05) is 0 Å². The van der Waals surface area contributed by atoms with Crippen molar-refractivity contribution in [2.24, 2.45) is 0 Å². The van der Waals surface area contributed by atoms with Crippen LogP contribution in [0, 0.1) is 0 Å². The van der Waals surface area contributed by atoms with Gasteiger partial charge in [-0.3, -0.25) is 4.79 Å². The highest BCUT2D eigenvalue weighted by Crippen LogP contribution is 2.12. The SMILES string of the molecule is O=C(CCc1ccc(O)cc1)NCc1nccn1-c1ccccc1. The molecule has 0 bridgehead atoms. The van der Waals surface area contributed by atoms with Crippen LogP contribution >= 0.6 is 0 Å². The monoisotopic (exact) mass is 321 g/mol. The maximum Gasteiger partial charge on any atom is 0.220 e. The van der Waals surface area contributed by atoms with Gasteiger partial charge in [0.2, 0.25) is 5.91 Å². The zero-order valence-electron chi connectivity index (χ0n) is 13.2. The van der Waals surface area contributed by atoms with Crippen molar-refractivity contribution in [3.8, 4) is 11.4 Å². The lowest BCUT2D eigenvalue weighted by Gasteiger charge is -2.09. The maximum atomic E-state index is 12.0. The number of amides is 1. The Labute approximate surface area is 140 Å². The van der Waals surface area contributed by atoms with Crippen molar-refractivity contribution < 1.29 is 9.90 Å². The van der Waals surface area contributed by atoms with Gasteiger partial charge in [0.15, 0.2) is 0 Å². The van der Waals surface area contributed by atoms with E-state index in [-0.39, 0.29) is 11.7 Å². The quantitative estimate of drug-likeness (QED) is 0.733. The van der Waals surface area contributed by atoms with E-state index in [4.69, 9.17) is 0 Å².